The van der Waals surface area contributed by atoms with E-state index in [1.165, 1.54) is 12.5 Å². The van der Waals surface area contributed by atoms with Crippen molar-refractivity contribution in [3.8, 4) is 0 Å². The molecule has 6 nitrogen and oxygen atoms in total. The Morgan fingerprint density at radius 1 is 1.39 bits per heavy atom. The number of fused-ring (bicyclic) bond motifs is 2. The maximum absolute atomic E-state index is 12.2. The molecule has 4 saturated heterocycles. The number of esters is 1. The van der Waals surface area contributed by atoms with E-state index in [1.807, 2.05) is 13.0 Å². The highest BCUT2D eigenvalue weighted by molar-refractivity contribution is 6.07. The standard InChI is InChI=1S/C22H26N2O4/c1-10(27-3)17-12-8-15-19-22(13-6-4-5-7-14(13)23-19)9-16(24(15)21(17)26)18(12)20(22)28-11(2)25/h4-7,10,12,15-18,20-21,26H,8-9H2,1-3H3/t10-,12-,15-,16-,17-,18-,20+,21+,22+/m0/s1. The van der Waals surface area contributed by atoms with Gasteiger partial charge in [-0.1, -0.05) is 18.2 Å². The molecule has 1 spiro atoms. The number of carbonyl (C=O) groups excluding carboxylic acids is 1. The van der Waals surface area contributed by atoms with Gasteiger partial charge in [0.05, 0.1) is 29.0 Å². The molecule has 5 aliphatic heterocycles. The molecule has 5 heterocycles. The number of aliphatic hydroxyl groups is 1. The highest BCUT2D eigenvalue weighted by Crippen LogP contribution is 2.67. The van der Waals surface area contributed by atoms with Gasteiger partial charge in [-0.25, -0.2) is 0 Å². The number of nitrogens with zero attached hydrogens (tertiary/aromatic N) is 2. The molecule has 1 aromatic rings. The number of hydrogen-bond donors (Lipinski definition) is 1. The van der Waals surface area contributed by atoms with Crippen LogP contribution in [0.25, 0.3) is 0 Å². The van der Waals surface area contributed by atoms with Crippen molar-refractivity contribution in [2.24, 2.45) is 22.7 Å². The van der Waals surface area contributed by atoms with Crippen LogP contribution < -0.4 is 0 Å². The van der Waals surface area contributed by atoms with E-state index in [4.69, 9.17) is 14.5 Å². The monoisotopic (exact) mass is 382 g/mol. The Morgan fingerprint density at radius 3 is 2.93 bits per heavy atom. The predicted molar refractivity (Wildman–Crippen MR) is 102 cm³/mol. The molecule has 0 radical (unpaired) electrons. The number of ether oxygens (including phenoxy) is 2. The van der Waals surface area contributed by atoms with Crippen molar-refractivity contribution in [3.63, 3.8) is 0 Å². The zero-order valence-electron chi connectivity index (χ0n) is 16.4. The van der Waals surface area contributed by atoms with E-state index in [0.717, 1.165) is 24.2 Å². The second kappa shape index (κ2) is 5.43. The number of para-hydroxylation sites is 1. The summed E-state index contributed by atoms with van der Waals surface area (Å²) in [5.41, 5.74) is 2.96. The molecule has 28 heavy (non-hydrogen) atoms. The van der Waals surface area contributed by atoms with E-state index in [-0.39, 0.29) is 53.4 Å². The summed E-state index contributed by atoms with van der Waals surface area (Å²) in [6.07, 6.45) is 0.995. The lowest BCUT2D eigenvalue weighted by atomic mass is 9.63. The van der Waals surface area contributed by atoms with E-state index in [1.54, 1.807) is 7.11 Å². The minimum atomic E-state index is -0.541. The van der Waals surface area contributed by atoms with Crippen LogP contribution in [0.15, 0.2) is 29.3 Å². The van der Waals surface area contributed by atoms with Gasteiger partial charge >= 0.3 is 5.97 Å². The fraction of sp³-hybridized carbons (Fsp3) is 0.636. The molecule has 1 aliphatic carbocycles. The molecule has 1 unspecified atom stereocenters. The van der Waals surface area contributed by atoms with E-state index >= 15 is 0 Å². The fourth-order valence-electron chi connectivity index (χ4n) is 7.47. The molecule has 6 aliphatic rings. The van der Waals surface area contributed by atoms with Crippen LogP contribution in [0.5, 0.6) is 0 Å². The summed E-state index contributed by atoms with van der Waals surface area (Å²) in [5.74, 6) is 0.242. The van der Waals surface area contributed by atoms with E-state index in [0.29, 0.717) is 0 Å². The van der Waals surface area contributed by atoms with Gasteiger partial charge in [0, 0.05) is 31.9 Å². The first kappa shape index (κ1) is 17.1. The van der Waals surface area contributed by atoms with Gasteiger partial charge in [0.2, 0.25) is 0 Å². The summed E-state index contributed by atoms with van der Waals surface area (Å²) < 4.78 is 11.7. The molecule has 0 amide bonds. The van der Waals surface area contributed by atoms with E-state index < -0.39 is 6.23 Å². The van der Waals surface area contributed by atoms with Crippen LogP contribution in [0.1, 0.15) is 32.3 Å². The molecule has 1 N–H and O–H groups in total. The Labute approximate surface area is 164 Å². The number of aliphatic imine (C=N–C) groups is 1. The molecule has 148 valence electrons. The lowest BCUT2D eigenvalue weighted by molar-refractivity contribution is -0.221. The Morgan fingerprint density at radius 2 is 2.18 bits per heavy atom. The minimum Gasteiger partial charge on any atom is -0.461 e. The van der Waals surface area contributed by atoms with Crippen molar-refractivity contribution in [3.05, 3.63) is 29.8 Å². The minimum absolute atomic E-state index is 0.0189. The molecule has 0 aromatic heterocycles. The Bertz CT molecular complexity index is 900. The van der Waals surface area contributed by atoms with Crippen LogP contribution in [0.3, 0.4) is 0 Å². The number of carbonyl (C=O) groups is 1. The van der Waals surface area contributed by atoms with Gasteiger partial charge in [-0.3, -0.25) is 14.7 Å². The van der Waals surface area contributed by atoms with Gasteiger partial charge in [0.1, 0.15) is 12.3 Å². The third kappa shape index (κ3) is 1.76. The van der Waals surface area contributed by atoms with Crippen molar-refractivity contribution in [2.45, 2.75) is 62.6 Å². The summed E-state index contributed by atoms with van der Waals surface area (Å²) in [7, 11) is 1.71. The number of piperidine rings is 4. The summed E-state index contributed by atoms with van der Waals surface area (Å²) in [5, 5.41) is 11.3. The van der Waals surface area contributed by atoms with Crippen LogP contribution >= 0.6 is 0 Å². The number of rotatable bonds is 3. The smallest absolute Gasteiger partial charge is 0.302 e. The Kier molecular flexibility index (Phi) is 3.32. The average molecular weight is 382 g/mol. The van der Waals surface area contributed by atoms with Gasteiger partial charge in [0.25, 0.3) is 0 Å². The Hall–Kier alpha value is -1.76. The molecule has 10 atom stereocenters. The lowest BCUT2D eigenvalue weighted by Crippen LogP contribution is -2.71. The summed E-state index contributed by atoms with van der Waals surface area (Å²) in [6, 6.07) is 8.61. The number of methoxy groups -OCH3 is 1. The van der Waals surface area contributed by atoms with E-state index in [9.17, 15) is 9.90 Å². The molecular weight excluding hydrogens is 356 g/mol. The molecule has 1 aromatic carbocycles. The van der Waals surface area contributed by atoms with Gasteiger partial charge in [-0.15, -0.1) is 0 Å². The lowest BCUT2D eigenvalue weighted by Gasteiger charge is -2.60. The number of aliphatic hydroxyl groups excluding tert-OH is 1. The van der Waals surface area contributed by atoms with E-state index in [2.05, 4.69) is 23.1 Å². The zero-order valence-corrected chi connectivity index (χ0v) is 16.4. The third-order valence-electron chi connectivity index (χ3n) is 8.29. The van der Waals surface area contributed by atoms with Crippen molar-refractivity contribution in [1.82, 2.24) is 4.90 Å². The molecule has 7 rings (SSSR count). The largest absolute Gasteiger partial charge is 0.461 e. The van der Waals surface area contributed by atoms with Crippen LogP contribution in [0.4, 0.5) is 5.69 Å². The summed E-state index contributed by atoms with van der Waals surface area (Å²) >= 11 is 0. The molecule has 1 saturated carbocycles. The van der Waals surface area contributed by atoms with Gasteiger partial charge in [-0.05, 0) is 37.3 Å². The maximum atomic E-state index is 12.2. The Balaban J connectivity index is 1.56. The summed E-state index contributed by atoms with van der Waals surface area (Å²) in [6.45, 7) is 3.54. The van der Waals surface area contributed by atoms with Crippen molar-refractivity contribution < 1.29 is 19.4 Å². The number of hydrogen-bond acceptors (Lipinski definition) is 6. The normalized spacial score (nSPS) is 47.5. The van der Waals surface area contributed by atoms with Gasteiger partial charge < -0.3 is 14.6 Å². The molecule has 5 fully saturated rings. The first-order valence-corrected chi connectivity index (χ1v) is 10.3. The third-order valence-corrected chi connectivity index (χ3v) is 8.29. The maximum Gasteiger partial charge on any atom is 0.302 e. The quantitative estimate of drug-likeness (QED) is 0.810. The molecule has 6 heteroatoms. The SMILES string of the molecule is CO[C@@H](C)[C@H]1[C@@H]2C[C@H]3C4=Nc5ccccc5[C@]45C[C@@H]([C@H]2[C@H]5OC(C)=O)N3[C@@H]1O. The van der Waals surface area contributed by atoms with Gasteiger partial charge in [0.15, 0.2) is 0 Å². The second-order valence-corrected chi connectivity index (χ2v) is 9.16. The summed E-state index contributed by atoms with van der Waals surface area (Å²) in [4.78, 5) is 19.5. The second-order valence-electron chi connectivity index (χ2n) is 9.16. The van der Waals surface area contributed by atoms with Crippen LogP contribution in [0, 0.1) is 17.8 Å². The number of benzene rings is 1. The first-order valence-electron chi connectivity index (χ1n) is 10.3. The van der Waals surface area contributed by atoms with Crippen LogP contribution in [0.2, 0.25) is 0 Å². The average Bonchev–Trinajstić information content (AvgIpc) is 3.14. The predicted octanol–water partition coefficient (Wildman–Crippen LogP) is 2.02. The fourth-order valence-corrected chi connectivity index (χ4v) is 7.47. The topological polar surface area (TPSA) is 71.4 Å². The van der Waals surface area contributed by atoms with Crippen LogP contribution in [-0.2, 0) is 19.7 Å². The molecule has 5 bridgehead atoms. The van der Waals surface area contributed by atoms with Crippen LogP contribution in [-0.4, -0.2) is 59.3 Å². The van der Waals surface area contributed by atoms with Crippen molar-refractivity contribution >= 4 is 17.4 Å². The highest BCUT2D eigenvalue weighted by atomic mass is 16.5. The van der Waals surface area contributed by atoms with Crippen molar-refractivity contribution in [1.29, 1.82) is 0 Å². The van der Waals surface area contributed by atoms with Gasteiger partial charge in [-0.2, -0.15) is 0 Å². The zero-order chi connectivity index (χ0) is 19.4. The highest BCUT2D eigenvalue weighted by Gasteiger charge is 2.76. The molecular formula is C22H26N2O4. The van der Waals surface area contributed by atoms with Crippen molar-refractivity contribution in [2.75, 3.05) is 7.11 Å². The first-order chi connectivity index (χ1) is 13.5.